The fourth-order valence-electron chi connectivity index (χ4n) is 1.88. The lowest BCUT2D eigenvalue weighted by Crippen LogP contribution is -2.35. The lowest BCUT2D eigenvalue weighted by atomic mass is 10.1. The fraction of sp³-hybridized carbons (Fsp3) is 0.188. The van der Waals surface area contributed by atoms with E-state index >= 15 is 0 Å². The first-order valence-electron chi connectivity index (χ1n) is 6.45. The summed E-state index contributed by atoms with van der Waals surface area (Å²) >= 11 is 5.90. The van der Waals surface area contributed by atoms with Crippen molar-refractivity contribution in [2.24, 2.45) is 10.7 Å². The van der Waals surface area contributed by atoms with Gasteiger partial charge in [0, 0.05) is 12.1 Å². The van der Waals surface area contributed by atoms with Gasteiger partial charge in [-0.05, 0) is 36.8 Å². The average molecular weight is 288 g/mol. The van der Waals surface area contributed by atoms with Crippen LogP contribution in [0.25, 0.3) is 0 Å². The highest BCUT2D eigenvalue weighted by molar-refractivity contribution is 6.30. The summed E-state index contributed by atoms with van der Waals surface area (Å²) in [7, 11) is 1.93. The van der Waals surface area contributed by atoms with Crippen molar-refractivity contribution in [1.82, 2.24) is 4.90 Å². The molecular weight excluding hydrogens is 270 g/mol. The first-order valence-corrected chi connectivity index (χ1v) is 6.83. The van der Waals surface area contributed by atoms with Gasteiger partial charge in [0.25, 0.3) is 0 Å². The largest absolute Gasteiger partial charge is 0.369 e. The lowest BCUT2D eigenvalue weighted by molar-refractivity contribution is 0.398. The number of benzene rings is 2. The number of halogens is 1. The van der Waals surface area contributed by atoms with E-state index in [1.807, 2.05) is 66.5 Å². The van der Waals surface area contributed by atoms with Crippen molar-refractivity contribution in [2.45, 2.75) is 13.0 Å². The Morgan fingerprint density at radius 3 is 2.30 bits per heavy atom. The molecule has 0 aliphatic rings. The summed E-state index contributed by atoms with van der Waals surface area (Å²) in [6, 6.07) is 17.6. The van der Waals surface area contributed by atoms with Gasteiger partial charge in [-0.3, -0.25) is 0 Å². The normalized spacial score (nSPS) is 13.1. The molecule has 3 nitrogen and oxygen atoms in total. The third-order valence-electron chi connectivity index (χ3n) is 3.29. The summed E-state index contributed by atoms with van der Waals surface area (Å²) in [5.74, 6) is 0.485. The lowest BCUT2D eigenvalue weighted by Gasteiger charge is -2.26. The monoisotopic (exact) mass is 287 g/mol. The third kappa shape index (κ3) is 3.52. The Hall–Kier alpha value is -2.00. The first-order chi connectivity index (χ1) is 9.58. The number of guanidine groups is 1. The van der Waals surface area contributed by atoms with Crippen LogP contribution < -0.4 is 5.73 Å². The summed E-state index contributed by atoms with van der Waals surface area (Å²) in [4.78, 5) is 6.36. The van der Waals surface area contributed by atoms with E-state index in [-0.39, 0.29) is 6.04 Å². The molecule has 0 bridgehead atoms. The van der Waals surface area contributed by atoms with Gasteiger partial charge in [-0.25, -0.2) is 4.99 Å². The van der Waals surface area contributed by atoms with Gasteiger partial charge in [0.15, 0.2) is 5.96 Å². The van der Waals surface area contributed by atoms with Gasteiger partial charge >= 0.3 is 0 Å². The van der Waals surface area contributed by atoms with Crippen LogP contribution in [0.2, 0.25) is 5.02 Å². The van der Waals surface area contributed by atoms with Crippen LogP contribution in [-0.4, -0.2) is 17.9 Å². The summed E-state index contributed by atoms with van der Waals surface area (Å²) in [6.07, 6.45) is 0. The van der Waals surface area contributed by atoms with E-state index in [4.69, 9.17) is 17.3 Å². The van der Waals surface area contributed by atoms with Crippen LogP contribution in [0.15, 0.2) is 59.6 Å². The Labute approximate surface area is 124 Å². The van der Waals surface area contributed by atoms with Crippen LogP contribution in [0, 0.1) is 0 Å². The number of hydrogen-bond donors (Lipinski definition) is 1. The van der Waals surface area contributed by atoms with Gasteiger partial charge < -0.3 is 10.6 Å². The molecule has 104 valence electrons. The molecule has 0 saturated heterocycles. The zero-order valence-electron chi connectivity index (χ0n) is 11.6. The quantitative estimate of drug-likeness (QED) is 0.685. The minimum absolute atomic E-state index is 0.125. The first kappa shape index (κ1) is 14.4. The number of para-hydroxylation sites is 1. The molecule has 2 N–H and O–H groups in total. The Bertz CT molecular complexity index is 578. The molecule has 0 saturated carbocycles. The van der Waals surface area contributed by atoms with Crippen LogP contribution in [-0.2, 0) is 0 Å². The molecule has 0 spiro atoms. The molecule has 4 heteroatoms. The molecule has 0 aliphatic carbocycles. The third-order valence-corrected chi connectivity index (χ3v) is 3.55. The summed E-state index contributed by atoms with van der Waals surface area (Å²) in [5, 5.41) is 0.731. The molecule has 0 amide bonds. The van der Waals surface area contributed by atoms with E-state index in [1.165, 1.54) is 0 Å². The smallest absolute Gasteiger partial charge is 0.196 e. The fourth-order valence-corrected chi connectivity index (χ4v) is 2.00. The Morgan fingerprint density at radius 2 is 1.70 bits per heavy atom. The minimum Gasteiger partial charge on any atom is -0.369 e. The van der Waals surface area contributed by atoms with Gasteiger partial charge in [-0.2, -0.15) is 0 Å². The summed E-state index contributed by atoms with van der Waals surface area (Å²) in [5.41, 5.74) is 8.06. The molecule has 1 atom stereocenters. The van der Waals surface area contributed by atoms with E-state index in [0.29, 0.717) is 5.96 Å². The number of nitrogens with zero attached hydrogens (tertiary/aromatic N) is 2. The van der Waals surface area contributed by atoms with Crippen molar-refractivity contribution in [3.8, 4) is 0 Å². The molecule has 2 rings (SSSR count). The highest BCUT2D eigenvalue weighted by atomic mass is 35.5. The SMILES string of the molecule is CC(c1ccc(Cl)cc1)N(C)C(N)=Nc1ccccc1. The van der Waals surface area contributed by atoms with Crippen molar-refractivity contribution in [3.05, 3.63) is 65.2 Å². The van der Waals surface area contributed by atoms with E-state index in [2.05, 4.69) is 11.9 Å². The zero-order valence-corrected chi connectivity index (χ0v) is 12.4. The van der Waals surface area contributed by atoms with E-state index < -0.39 is 0 Å². The van der Waals surface area contributed by atoms with Crippen LogP contribution in [0.4, 0.5) is 5.69 Å². The van der Waals surface area contributed by atoms with Gasteiger partial charge in [0.1, 0.15) is 0 Å². The molecule has 0 aliphatic heterocycles. The standard InChI is InChI=1S/C16H18ClN3/c1-12(13-8-10-14(17)11-9-13)20(2)16(18)19-15-6-4-3-5-7-15/h3-12H,1-2H3,(H2,18,19). The molecule has 0 aromatic heterocycles. The Kier molecular flexibility index (Phi) is 4.64. The van der Waals surface area contributed by atoms with Crippen molar-refractivity contribution in [1.29, 1.82) is 0 Å². The molecule has 0 heterocycles. The van der Waals surface area contributed by atoms with Crippen molar-refractivity contribution >= 4 is 23.2 Å². The van der Waals surface area contributed by atoms with E-state index in [1.54, 1.807) is 0 Å². The number of aliphatic imine (C=N–C) groups is 1. The topological polar surface area (TPSA) is 41.6 Å². The highest BCUT2D eigenvalue weighted by Crippen LogP contribution is 2.21. The average Bonchev–Trinajstić information content (AvgIpc) is 2.47. The van der Waals surface area contributed by atoms with E-state index in [9.17, 15) is 0 Å². The summed E-state index contributed by atoms with van der Waals surface area (Å²) < 4.78 is 0. The maximum absolute atomic E-state index is 6.07. The van der Waals surface area contributed by atoms with Crippen molar-refractivity contribution in [2.75, 3.05) is 7.05 Å². The van der Waals surface area contributed by atoms with Gasteiger partial charge in [-0.15, -0.1) is 0 Å². The summed E-state index contributed by atoms with van der Waals surface area (Å²) in [6.45, 7) is 2.08. The Balaban J connectivity index is 2.15. The highest BCUT2D eigenvalue weighted by Gasteiger charge is 2.13. The molecule has 0 fully saturated rings. The molecule has 2 aromatic rings. The maximum Gasteiger partial charge on any atom is 0.196 e. The number of rotatable bonds is 3. The van der Waals surface area contributed by atoms with Gasteiger partial charge in [0.2, 0.25) is 0 Å². The second-order valence-corrected chi connectivity index (χ2v) is 5.08. The second-order valence-electron chi connectivity index (χ2n) is 4.64. The van der Waals surface area contributed by atoms with Crippen LogP contribution >= 0.6 is 11.6 Å². The van der Waals surface area contributed by atoms with Crippen molar-refractivity contribution < 1.29 is 0 Å². The predicted molar refractivity (Wildman–Crippen MR) is 85.4 cm³/mol. The maximum atomic E-state index is 6.07. The number of nitrogens with two attached hydrogens (primary N) is 1. The molecule has 1 unspecified atom stereocenters. The zero-order chi connectivity index (χ0) is 14.5. The second kappa shape index (κ2) is 6.44. The van der Waals surface area contributed by atoms with Crippen LogP contribution in [0.1, 0.15) is 18.5 Å². The van der Waals surface area contributed by atoms with Gasteiger partial charge in [0.05, 0.1) is 11.7 Å². The Morgan fingerprint density at radius 1 is 1.10 bits per heavy atom. The molecule has 2 aromatic carbocycles. The minimum atomic E-state index is 0.125. The van der Waals surface area contributed by atoms with Crippen molar-refractivity contribution in [3.63, 3.8) is 0 Å². The molecular formula is C16H18ClN3. The van der Waals surface area contributed by atoms with Crippen LogP contribution in [0.3, 0.4) is 0 Å². The predicted octanol–water partition coefficient (Wildman–Crippen LogP) is 3.98. The van der Waals surface area contributed by atoms with Crippen LogP contribution in [0.5, 0.6) is 0 Å². The van der Waals surface area contributed by atoms with E-state index in [0.717, 1.165) is 16.3 Å². The van der Waals surface area contributed by atoms with Gasteiger partial charge in [-0.1, -0.05) is 41.9 Å². The number of hydrogen-bond acceptors (Lipinski definition) is 1. The molecule has 0 radical (unpaired) electrons. The molecule has 20 heavy (non-hydrogen) atoms.